The average Bonchev–Trinajstić information content (AvgIpc) is 3.44. The van der Waals surface area contributed by atoms with Crippen LogP contribution < -0.4 is 10.6 Å². The van der Waals surface area contributed by atoms with Crippen LogP contribution in [0.2, 0.25) is 0 Å². The van der Waals surface area contributed by atoms with Crippen molar-refractivity contribution in [2.24, 2.45) is 5.41 Å². The van der Waals surface area contributed by atoms with Crippen molar-refractivity contribution in [2.45, 2.75) is 175 Å². The number of unbranched alkanes of at least 4 members (excludes halogenated alkanes) is 14. The van der Waals surface area contributed by atoms with Crippen LogP contribution in [0.3, 0.4) is 0 Å². The quantitative estimate of drug-likeness (QED) is 0.129. The molecule has 0 saturated carbocycles. The van der Waals surface area contributed by atoms with Gasteiger partial charge in [0.25, 0.3) is 0 Å². The molecule has 0 aromatic heterocycles. The standard InChI is InChI=1S/C35H65N3O5/c1-6-7-8-9-10-11-12-13-14-15-16-17-18-19-20-23-30(39)37-27-29-22-21-26-38(29)31(40)24-25-36-33(41)32-34(2,3)28-42-35(4,5)43-32/h29,32H,6-28H2,1-5H3,(H,36,41)(H,37,39). The molecule has 2 rings (SSSR count). The van der Waals surface area contributed by atoms with E-state index in [1.54, 1.807) is 13.8 Å². The number of rotatable bonds is 22. The second-order valence-corrected chi connectivity index (χ2v) is 14.1. The fraction of sp³-hybridized carbons (Fsp3) is 0.914. The average molecular weight is 608 g/mol. The maximum atomic E-state index is 12.9. The van der Waals surface area contributed by atoms with Gasteiger partial charge in [-0.05, 0) is 33.1 Å². The van der Waals surface area contributed by atoms with Crippen molar-refractivity contribution in [3.8, 4) is 0 Å². The molecule has 2 saturated heterocycles. The molecule has 0 radical (unpaired) electrons. The summed E-state index contributed by atoms with van der Waals surface area (Å²) in [5.74, 6) is -0.916. The largest absolute Gasteiger partial charge is 0.354 e. The van der Waals surface area contributed by atoms with E-state index in [1.807, 2.05) is 18.7 Å². The van der Waals surface area contributed by atoms with Gasteiger partial charge in [0, 0.05) is 43.9 Å². The number of hydrogen-bond donors (Lipinski definition) is 2. The van der Waals surface area contributed by atoms with Crippen LogP contribution in [-0.2, 0) is 23.9 Å². The molecule has 2 atom stereocenters. The van der Waals surface area contributed by atoms with Crippen molar-refractivity contribution in [3.63, 3.8) is 0 Å². The summed E-state index contributed by atoms with van der Waals surface area (Å²) in [7, 11) is 0. The minimum atomic E-state index is -0.813. The van der Waals surface area contributed by atoms with Gasteiger partial charge in [0.2, 0.25) is 17.7 Å². The Kier molecular flexibility index (Phi) is 17.8. The van der Waals surface area contributed by atoms with Crippen molar-refractivity contribution < 1.29 is 23.9 Å². The Balaban J connectivity index is 1.49. The maximum Gasteiger partial charge on any atom is 0.249 e. The van der Waals surface area contributed by atoms with Crippen molar-refractivity contribution in [2.75, 3.05) is 26.2 Å². The van der Waals surface area contributed by atoms with E-state index in [1.165, 1.54) is 83.5 Å². The molecule has 2 aliphatic rings. The molecular formula is C35H65N3O5. The minimum absolute atomic E-state index is 0.0203. The molecule has 2 N–H and O–H groups in total. The van der Waals surface area contributed by atoms with Gasteiger partial charge in [-0.3, -0.25) is 14.4 Å². The van der Waals surface area contributed by atoms with Crippen molar-refractivity contribution in [1.82, 2.24) is 15.5 Å². The first-order valence-corrected chi connectivity index (χ1v) is 17.7. The number of carbonyl (C=O) groups excluding carboxylic acids is 3. The van der Waals surface area contributed by atoms with E-state index in [4.69, 9.17) is 9.47 Å². The molecule has 3 amide bonds. The molecule has 2 aliphatic heterocycles. The Morgan fingerprint density at radius 3 is 1.91 bits per heavy atom. The molecule has 2 heterocycles. The number of likely N-dealkylation sites (tertiary alicyclic amines) is 1. The molecule has 2 fully saturated rings. The van der Waals surface area contributed by atoms with Crippen LogP contribution in [0.25, 0.3) is 0 Å². The van der Waals surface area contributed by atoms with Gasteiger partial charge < -0.3 is 25.0 Å². The fourth-order valence-corrected chi connectivity index (χ4v) is 6.20. The van der Waals surface area contributed by atoms with Crippen LogP contribution >= 0.6 is 0 Å². The molecule has 0 aromatic carbocycles. The monoisotopic (exact) mass is 607 g/mol. The van der Waals surface area contributed by atoms with Crippen LogP contribution in [0.4, 0.5) is 0 Å². The van der Waals surface area contributed by atoms with Gasteiger partial charge in [0.15, 0.2) is 5.79 Å². The Bertz CT molecular complexity index is 815. The fourth-order valence-electron chi connectivity index (χ4n) is 6.20. The van der Waals surface area contributed by atoms with Crippen LogP contribution in [-0.4, -0.2) is 66.8 Å². The summed E-state index contributed by atoms with van der Waals surface area (Å²) in [5.41, 5.74) is -0.450. The summed E-state index contributed by atoms with van der Waals surface area (Å²) in [6, 6.07) is 0.0340. The van der Waals surface area contributed by atoms with E-state index in [0.717, 1.165) is 25.7 Å². The summed E-state index contributed by atoms with van der Waals surface area (Å²) in [5, 5.41) is 5.95. The van der Waals surface area contributed by atoms with E-state index in [0.29, 0.717) is 26.1 Å². The Hall–Kier alpha value is -1.67. The molecule has 250 valence electrons. The van der Waals surface area contributed by atoms with Crippen LogP contribution in [0, 0.1) is 5.41 Å². The third kappa shape index (κ3) is 15.3. The first-order chi connectivity index (χ1) is 20.6. The first kappa shape index (κ1) is 37.5. The molecular weight excluding hydrogens is 542 g/mol. The maximum absolute atomic E-state index is 12.9. The normalized spacial score (nSPS) is 21.1. The lowest BCUT2D eigenvalue weighted by Crippen LogP contribution is -2.56. The highest BCUT2D eigenvalue weighted by Crippen LogP contribution is 2.34. The third-order valence-electron chi connectivity index (χ3n) is 9.02. The summed E-state index contributed by atoms with van der Waals surface area (Å²) < 4.78 is 11.6. The zero-order valence-electron chi connectivity index (χ0n) is 28.4. The number of nitrogens with one attached hydrogen (secondary N) is 2. The van der Waals surface area contributed by atoms with Gasteiger partial charge >= 0.3 is 0 Å². The molecule has 0 aliphatic carbocycles. The van der Waals surface area contributed by atoms with Crippen molar-refractivity contribution in [3.05, 3.63) is 0 Å². The van der Waals surface area contributed by atoms with Gasteiger partial charge in [-0.1, -0.05) is 111 Å². The van der Waals surface area contributed by atoms with Gasteiger partial charge in [0.05, 0.1) is 6.61 Å². The molecule has 8 nitrogen and oxygen atoms in total. The summed E-state index contributed by atoms with van der Waals surface area (Å²) in [6.07, 6.45) is 21.7. The predicted octanol–water partition coefficient (Wildman–Crippen LogP) is 7.04. The Morgan fingerprint density at radius 2 is 1.33 bits per heavy atom. The summed E-state index contributed by atoms with van der Waals surface area (Å²) in [4.78, 5) is 40.1. The van der Waals surface area contributed by atoms with E-state index in [-0.39, 0.29) is 36.7 Å². The second-order valence-electron chi connectivity index (χ2n) is 14.1. The van der Waals surface area contributed by atoms with Crippen LogP contribution in [0.1, 0.15) is 157 Å². The lowest BCUT2D eigenvalue weighted by atomic mass is 9.85. The number of hydrogen-bond acceptors (Lipinski definition) is 5. The molecule has 2 unspecified atom stereocenters. The number of nitrogens with zero attached hydrogens (tertiary/aromatic N) is 1. The minimum Gasteiger partial charge on any atom is -0.354 e. The third-order valence-corrected chi connectivity index (χ3v) is 9.02. The highest BCUT2D eigenvalue weighted by molar-refractivity contribution is 5.83. The van der Waals surface area contributed by atoms with E-state index in [9.17, 15) is 14.4 Å². The lowest BCUT2D eigenvalue weighted by molar-refractivity contribution is -0.304. The highest BCUT2D eigenvalue weighted by atomic mass is 16.7. The number of ether oxygens (including phenoxy) is 2. The lowest BCUT2D eigenvalue weighted by Gasteiger charge is -2.44. The second kappa shape index (κ2) is 20.4. The molecule has 0 bridgehead atoms. The van der Waals surface area contributed by atoms with E-state index >= 15 is 0 Å². The Morgan fingerprint density at radius 1 is 0.767 bits per heavy atom. The van der Waals surface area contributed by atoms with E-state index < -0.39 is 17.3 Å². The number of carbonyl (C=O) groups is 3. The smallest absolute Gasteiger partial charge is 0.249 e. The van der Waals surface area contributed by atoms with Gasteiger partial charge in [-0.15, -0.1) is 0 Å². The molecule has 8 heteroatoms. The summed E-state index contributed by atoms with van der Waals surface area (Å²) >= 11 is 0. The van der Waals surface area contributed by atoms with Crippen molar-refractivity contribution >= 4 is 17.7 Å². The SMILES string of the molecule is CCCCCCCCCCCCCCCCCC(=O)NCC1CCCN1C(=O)CCNC(=O)C1OC(C)(C)OCC1(C)C. The van der Waals surface area contributed by atoms with Gasteiger partial charge in [-0.25, -0.2) is 0 Å². The molecule has 0 spiro atoms. The predicted molar refractivity (Wildman–Crippen MR) is 174 cm³/mol. The molecule has 0 aromatic rings. The highest BCUT2D eigenvalue weighted by Gasteiger charge is 2.45. The summed E-state index contributed by atoms with van der Waals surface area (Å²) in [6.45, 7) is 11.7. The van der Waals surface area contributed by atoms with Crippen LogP contribution in [0.15, 0.2) is 0 Å². The number of amides is 3. The van der Waals surface area contributed by atoms with Gasteiger partial charge in [0.1, 0.15) is 6.10 Å². The zero-order chi connectivity index (χ0) is 31.6. The van der Waals surface area contributed by atoms with E-state index in [2.05, 4.69) is 17.6 Å². The Labute approximate surface area is 263 Å². The van der Waals surface area contributed by atoms with Gasteiger partial charge in [-0.2, -0.15) is 0 Å². The van der Waals surface area contributed by atoms with Crippen molar-refractivity contribution in [1.29, 1.82) is 0 Å². The van der Waals surface area contributed by atoms with Crippen LogP contribution in [0.5, 0.6) is 0 Å². The first-order valence-electron chi connectivity index (χ1n) is 17.7. The topological polar surface area (TPSA) is 97.0 Å². The molecule has 43 heavy (non-hydrogen) atoms. The zero-order valence-corrected chi connectivity index (χ0v) is 28.4.